The summed E-state index contributed by atoms with van der Waals surface area (Å²) in [7, 11) is 0. The molecular formula is C22H22N4O3. The van der Waals surface area contributed by atoms with Gasteiger partial charge in [0.05, 0.1) is 4.92 Å². The van der Waals surface area contributed by atoms with Crippen LogP contribution in [0.15, 0.2) is 48.5 Å². The Morgan fingerprint density at radius 3 is 2.69 bits per heavy atom. The molecule has 0 aliphatic carbocycles. The molecule has 0 atom stereocenters. The molecule has 1 aromatic heterocycles. The van der Waals surface area contributed by atoms with Crippen molar-refractivity contribution in [1.29, 1.82) is 0 Å². The van der Waals surface area contributed by atoms with E-state index in [2.05, 4.69) is 10.3 Å². The summed E-state index contributed by atoms with van der Waals surface area (Å²) in [5.41, 5.74) is 4.11. The molecule has 0 radical (unpaired) electrons. The summed E-state index contributed by atoms with van der Waals surface area (Å²) in [5, 5.41) is 15.5. The average molecular weight is 390 g/mol. The van der Waals surface area contributed by atoms with Gasteiger partial charge in [0.25, 0.3) is 5.69 Å². The molecule has 1 aliphatic heterocycles. The van der Waals surface area contributed by atoms with Crippen molar-refractivity contribution in [2.45, 2.75) is 32.9 Å². The Morgan fingerprint density at radius 1 is 1.17 bits per heavy atom. The van der Waals surface area contributed by atoms with E-state index in [1.807, 2.05) is 48.2 Å². The number of nitro benzene ring substituents is 1. The predicted molar refractivity (Wildman–Crippen MR) is 112 cm³/mol. The van der Waals surface area contributed by atoms with Crippen LogP contribution in [-0.4, -0.2) is 27.3 Å². The number of carbonyl (C=O) groups is 1. The van der Waals surface area contributed by atoms with Gasteiger partial charge in [0.15, 0.2) is 5.52 Å². The molecule has 2 aromatic carbocycles. The van der Waals surface area contributed by atoms with E-state index in [4.69, 9.17) is 0 Å². The predicted octanol–water partition coefficient (Wildman–Crippen LogP) is 4.19. The molecule has 0 unspecified atom stereocenters. The third kappa shape index (κ3) is 3.89. The number of likely N-dealkylation sites (tertiary alicyclic amines) is 1. The van der Waals surface area contributed by atoms with Crippen molar-refractivity contribution >= 4 is 28.2 Å². The number of hydrogen-bond acceptors (Lipinski definition) is 5. The highest BCUT2D eigenvalue weighted by Crippen LogP contribution is 2.30. The zero-order valence-corrected chi connectivity index (χ0v) is 16.2. The van der Waals surface area contributed by atoms with E-state index in [-0.39, 0.29) is 11.6 Å². The first-order chi connectivity index (χ1) is 14.0. The molecule has 1 amide bonds. The Morgan fingerprint density at radius 2 is 1.97 bits per heavy atom. The molecule has 0 bridgehead atoms. The van der Waals surface area contributed by atoms with Crippen LogP contribution < -0.4 is 5.32 Å². The minimum absolute atomic E-state index is 0.00203. The third-order valence-electron chi connectivity index (χ3n) is 5.26. The highest BCUT2D eigenvalue weighted by atomic mass is 16.6. The van der Waals surface area contributed by atoms with Gasteiger partial charge in [0.2, 0.25) is 5.91 Å². The Kier molecular flexibility index (Phi) is 5.12. The third-order valence-corrected chi connectivity index (χ3v) is 5.26. The molecule has 4 rings (SSSR count). The SMILES string of the molecule is Cc1cc(NCc2ccccc2CN2CCCC2=O)c2cccc([N+](=O)[O-])c2n1. The number of rotatable bonds is 6. The van der Waals surface area contributed by atoms with Crippen LogP contribution in [-0.2, 0) is 17.9 Å². The number of carbonyl (C=O) groups excluding carboxylic acids is 1. The Bertz CT molecular complexity index is 1100. The van der Waals surface area contributed by atoms with E-state index >= 15 is 0 Å². The minimum Gasteiger partial charge on any atom is -0.380 e. The van der Waals surface area contributed by atoms with Crippen LogP contribution in [0.5, 0.6) is 0 Å². The number of fused-ring (bicyclic) bond motifs is 1. The first kappa shape index (κ1) is 18.9. The van der Waals surface area contributed by atoms with Crippen LogP contribution in [0.1, 0.15) is 29.7 Å². The Hall–Kier alpha value is -3.48. The topological polar surface area (TPSA) is 88.4 Å². The number of nitrogens with one attached hydrogen (secondary N) is 1. The van der Waals surface area contributed by atoms with E-state index in [0.29, 0.717) is 30.7 Å². The van der Waals surface area contributed by atoms with Crippen LogP contribution in [0.4, 0.5) is 11.4 Å². The van der Waals surface area contributed by atoms with Gasteiger partial charge in [0, 0.05) is 48.9 Å². The van der Waals surface area contributed by atoms with Gasteiger partial charge in [-0.3, -0.25) is 14.9 Å². The molecule has 1 fully saturated rings. The average Bonchev–Trinajstić information content (AvgIpc) is 3.11. The highest BCUT2D eigenvalue weighted by molar-refractivity contribution is 5.96. The minimum atomic E-state index is -0.402. The van der Waals surface area contributed by atoms with Crippen molar-refractivity contribution in [1.82, 2.24) is 9.88 Å². The molecule has 7 nitrogen and oxygen atoms in total. The fourth-order valence-corrected chi connectivity index (χ4v) is 3.81. The maximum absolute atomic E-state index is 12.0. The van der Waals surface area contributed by atoms with Gasteiger partial charge < -0.3 is 10.2 Å². The number of hydrogen-bond donors (Lipinski definition) is 1. The number of aromatic nitrogens is 1. The molecule has 1 N–H and O–H groups in total. The Balaban J connectivity index is 1.62. The number of nitrogens with zero attached hydrogens (tertiary/aromatic N) is 3. The maximum atomic E-state index is 12.0. The van der Waals surface area contributed by atoms with Crippen LogP contribution >= 0.6 is 0 Å². The second kappa shape index (κ2) is 7.87. The normalized spacial score (nSPS) is 13.8. The monoisotopic (exact) mass is 390 g/mol. The molecule has 148 valence electrons. The highest BCUT2D eigenvalue weighted by Gasteiger charge is 2.21. The molecule has 3 aromatic rings. The van der Waals surface area contributed by atoms with Crippen molar-refractivity contribution in [3.05, 3.63) is 75.5 Å². The van der Waals surface area contributed by atoms with Gasteiger partial charge in [-0.2, -0.15) is 0 Å². The summed E-state index contributed by atoms with van der Waals surface area (Å²) in [6.45, 7) is 3.80. The lowest BCUT2D eigenvalue weighted by Crippen LogP contribution is -2.24. The van der Waals surface area contributed by atoms with E-state index in [1.165, 1.54) is 6.07 Å². The van der Waals surface area contributed by atoms with Crippen molar-refractivity contribution < 1.29 is 9.72 Å². The zero-order valence-electron chi connectivity index (χ0n) is 16.2. The standard InChI is InChI=1S/C22H22N4O3/c1-15-12-19(18-8-4-9-20(26(28)29)22(18)24-15)23-13-16-6-2-3-7-17(16)14-25-11-5-10-21(25)27/h2-4,6-9,12H,5,10-11,13-14H2,1H3,(H,23,24). The number of pyridine rings is 1. The molecule has 29 heavy (non-hydrogen) atoms. The zero-order chi connectivity index (χ0) is 20.4. The first-order valence-corrected chi connectivity index (χ1v) is 9.66. The summed E-state index contributed by atoms with van der Waals surface area (Å²) >= 11 is 0. The lowest BCUT2D eigenvalue weighted by molar-refractivity contribution is -0.383. The van der Waals surface area contributed by atoms with Crippen LogP contribution in [0, 0.1) is 17.0 Å². The number of para-hydroxylation sites is 1. The molecular weight excluding hydrogens is 368 g/mol. The number of anilines is 1. The Labute approximate surface area is 168 Å². The number of amides is 1. The lowest BCUT2D eigenvalue weighted by Gasteiger charge is -2.19. The number of aryl methyl sites for hydroxylation is 1. The van der Waals surface area contributed by atoms with Crippen molar-refractivity contribution in [2.75, 3.05) is 11.9 Å². The fourth-order valence-electron chi connectivity index (χ4n) is 3.81. The summed E-state index contributed by atoms with van der Waals surface area (Å²) in [6, 6.07) is 14.9. The van der Waals surface area contributed by atoms with Gasteiger partial charge in [0.1, 0.15) is 0 Å². The van der Waals surface area contributed by atoms with Gasteiger partial charge in [-0.05, 0) is 30.5 Å². The fraction of sp³-hybridized carbons (Fsp3) is 0.273. The van der Waals surface area contributed by atoms with Gasteiger partial charge in [-0.1, -0.05) is 36.4 Å². The summed E-state index contributed by atoms with van der Waals surface area (Å²) < 4.78 is 0. The van der Waals surface area contributed by atoms with Gasteiger partial charge in [-0.25, -0.2) is 4.98 Å². The molecule has 1 saturated heterocycles. The van der Waals surface area contributed by atoms with E-state index in [1.54, 1.807) is 6.07 Å². The van der Waals surface area contributed by atoms with E-state index in [9.17, 15) is 14.9 Å². The summed E-state index contributed by atoms with van der Waals surface area (Å²) in [6.07, 6.45) is 1.54. The number of nitro groups is 1. The molecule has 2 heterocycles. The van der Waals surface area contributed by atoms with Crippen molar-refractivity contribution in [2.24, 2.45) is 0 Å². The van der Waals surface area contributed by atoms with Crippen molar-refractivity contribution in [3.63, 3.8) is 0 Å². The molecule has 0 saturated carbocycles. The lowest BCUT2D eigenvalue weighted by atomic mass is 10.1. The van der Waals surface area contributed by atoms with Crippen LogP contribution in [0.2, 0.25) is 0 Å². The maximum Gasteiger partial charge on any atom is 0.295 e. The van der Waals surface area contributed by atoms with E-state index in [0.717, 1.165) is 35.2 Å². The second-order valence-corrected chi connectivity index (χ2v) is 7.28. The van der Waals surface area contributed by atoms with E-state index < -0.39 is 4.92 Å². The smallest absolute Gasteiger partial charge is 0.295 e. The van der Waals surface area contributed by atoms with Crippen LogP contribution in [0.3, 0.4) is 0 Å². The number of benzene rings is 2. The van der Waals surface area contributed by atoms with Gasteiger partial charge in [-0.15, -0.1) is 0 Å². The van der Waals surface area contributed by atoms with Crippen LogP contribution in [0.25, 0.3) is 10.9 Å². The quantitative estimate of drug-likeness (QED) is 0.504. The van der Waals surface area contributed by atoms with Crippen molar-refractivity contribution in [3.8, 4) is 0 Å². The molecule has 7 heteroatoms. The van der Waals surface area contributed by atoms with Gasteiger partial charge >= 0.3 is 0 Å². The second-order valence-electron chi connectivity index (χ2n) is 7.28. The first-order valence-electron chi connectivity index (χ1n) is 9.66. The summed E-state index contributed by atoms with van der Waals surface area (Å²) in [5.74, 6) is 0.204. The molecule has 0 spiro atoms. The molecule has 1 aliphatic rings. The largest absolute Gasteiger partial charge is 0.380 e. The number of non-ortho nitro benzene ring substituents is 1. The summed E-state index contributed by atoms with van der Waals surface area (Å²) in [4.78, 5) is 29.2.